The fraction of sp³-hybridized carbons (Fsp3) is 0.0702. The van der Waals surface area contributed by atoms with E-state index in [1.165, 1.54) is 25.6 Å². The maximum Gasteiger partial charge on any atom is 0 e. The summed E-state index contributed by atoms with van der Waals surface area (Å²) in [5.41, 5.74) is 14.1. The molecule has 0 aliphatic carbocycles. The molecular weight excluding hydrogens is 1040 g/mol. The number of hydrogen-bond donors (Lipinski definition) is 0. The van der Waals surface area contributed by atoms with Crippen LogP contribution in [0.4, 0.5) is 39.9 Å². The Bertz CT molecular complexity index is 3170. The van der Waals surface area contributed by atoms with Gasteiger partial charge in [0.25, 0.3) is 0 Å². The maximum absolute atomic E-state index is 6.67. The van der Waals surface area contributed by atoms with Crippen molar-refractivity contribution in [2.24, 2.45) is 0 Å². The summed E-state index contributed by atoms with van der Waals surface area (Å²) in [6.07, 6.45) is 5.69. The Kier molecular flexibility index (Phi) is 11.5. The summed E-state index contributed by atoms with van der Waals surface area (Å²) in [6.45, 7) is 8.85. The Balaban J connectivity index is 0.00000498. The molecule has 0 N–H and O–H groups in total. The molecule has 0 atom stereocenters. The Hall–Kier alpha value is -6.75. The predicted octanol–water partition coefficient (Wildman–Crippen LogP) is 13.0. The minimum atomic E-state index is -0.0418. The van der Waals surface area contributed by atoms with Gasteiger partial charge >= 0.3 is 241 Å². The van der Waals surface area contributed by atoms with Crippen LogP contribution in [0.3, 0.4) is 0 Å². The summed E-state index contributed by atoms with van der Waals surface area (Å²) in [7, 11) is 0. The van der Waals surface area contributed by atoms with Crippen molar-refractivity contribution < 1.29 is 25.8 Å². The second-order valence-corrected chi connectivity index (χ2v) is 19.1. The van der Waals surface area contributed by atoms with Gasteiger partial charge in [0, 0.05) is 32.2 Å². The predicted molar refractivity (Wildman–Crippen MR) is 262 cm³/mol. The standard InChI is InChI=1S/C57H42N5OSe.Pt/c1-57(2,3)43-29-32-59-55(34-43)62-51-36-46(27-28-53(51)64-54-30-31-58-37-52(54)62)63-45-22-13-21-44(35-45)60-38-61(50-26-11-10-25-49(50)60)56-47(40-17-8-5-9-18-40)23-14-24-48(56)42-20-12-19-41(33-42)39-15-6-4-7-16-39;/h4-34,37-38H,1-3H3;/q-3;. The molecule has 0 fully saturated rings. The number of para-hydroxylation sites is 3. The zero-order chi connectivity index (χ0) is 43.2. The third kappa shape index (κ3) is 8.17. The first-order valence-corrected chi connectivity index (χ1v) is 23.1. The van der Waals surface area contributed by atoms with Gasteiger partial charge in [-0.15, -0.1) is 0 Å². The molecule has 2 aromatic heterocycles. The number of hydrogen-bond acceptors (Lipinski definition) is 6. The van der Waals surface area contributed by atoms with E-state index in [-0.39, 0.29) is 41.4 Å². The van der Waals surface area contributed by atoms with E-state index in [1.807, 2.05) is 36.8 Å². The van der Waals surface area contributed by atoms with Crippen LogP contribution in [0.1, 0.15) is 26.3 Å². The SMILES string of the molecule is CC(C)(C)c1ccnc(N2c3[c-]c(Oc4[c-]c(N5[CH-]N(c6c(-c7ccccc7)cccc6-c6cccc(-c7ccccc7)c6)c6ccccc65)ccc4)ccc3[Se]c3ccncc32)c1.[Pt]. The molecule has 65 heavy (non-hydrogen) atoms. The fourth-order valence-corrected chi connectivity index (χ4v) is 10.6. The van der Waals surface area contributed by atoms with Gasteiger partial charge in [-0.05, 0) is 28.3 Å². The Morgan fingerprint density at radius 3 is 2.00 bits per heavy atom. The van der Waals surface area contributed by atoms with Crippen molar-refractivity contribution in [3.63, 3.8) is 0 Å². The first-order valence-electron chi connectivity index (χ1n) is 21.4. The summed E-state index contributed by atoms with van der Waals surface area (Å²) in [6, 6.07) is 69.1. The molecule has 0 unspecified atom stereocenters. The van der Waals surface area contributed by atoms with E-state index in [4.69, 9.17) is 9.72 Å². The summed E-state index contributed by atoms with van der Waals surface area (Å²) < 4.78 is 9.12. The number of aromatic nitrogens is 2. The molecule has 0 saturated heterocycles. The molecule has 4 heterocycles. The molecule has 8 heteroatoms. The van der Waals surface area contributed by atoms with E-state index in [2.05, 4.69) is 217 Å². The second-order valence-electron chi connectivity index (χ2n) is 16.8. The number of anilines is 7. The molecule has 2 aliphatic rings. The molecule has 9 aromatic rings. The van der Waals surface area contributed by atoms with Crippen molar-refractivity contribution in [1.82, 2.24) is 9.97 Å². The third-order valence-electron chi connectivity index (χ3n) is 11.7. The van der Waals surface area contributed by atoms with Crippen LogP contribution in [-0.4, -0.2) is 24.9 Å². The van der Waals surface area contributed by atoms with E-state index in [1.54, 1.807) is 0 Å². The Labute approximate surface area is 401 Å². The topological polar surface area (TPSA) is 44.7 Å². The van der Waals surface area contributed by atoms with Crippen LogP contribution in [-0.2, 0) is 26.5 Å². The van der Waals surface area contributed by atoms with E-state index >= 15 is 0 Å². The van der Waals surface area contributed by atoms with Gasteiger partial charge in [0.15, 0.2) is 0 Å². The molecule has 320 valence electrons. The van der Waals surface area contributed by atoms with Crippen LogP contribution in [0.15, 0.2) is 195 Å². The largest absolute Gasteiger partial charge is 0 e. The van der Waals surface area contributed by atoms with E-state index in [0.717, 1.165) is 62.2 Å². The molecule has 11 rings (SSSR count). The van der Waals surface area contributed by atoms with Crippen LogP contribution in [0.5, 0.6) is 11.5 Å². The number of pyridine rings is 2. The Morgan fingerprint density at radius 2 is 1.22 bits per heavy atom. The number of ether oxygens (including phenoxy) is 1. The van der Waals surface area contributed by atoms with Gasteiger partial charge in [-0.1, -0.05) is 103 Å². The van der Waals surface area contributed by atoms with Crippen molar-refractivity contribution in [2.45, 2.75) is 26.2 Å². The summed E-state index contributed by atoms with van der Waals surface area (Å²) >= 11 is 0.0569. The fourth-order valence-electron chi connectivity index (χ4n) is 8.49. The van der Waals surface area contributed by atoms with Crippen molar-refractivity contribution in [3.05, 3.63) is 219 Å². The van der Waals surface area contributed by atoms with Crippen LogP contribution in [0.2, 0.25) is 0 Å². The second kappa shape index (κ2) is 17.7. The zero-order valence-corrected chi connectivity index (χ0v) is 39.9. The van der Waals surface area contributed by atoms with Crippen molar-refractivity contribution in [2.75, 3.05) is 14.7 Å². The van der Waals surface area contributed by atoms with E-state index < -0.39 is 0 Å². The number of rotatable bonds is 8. The minimum absolute atomic E-state index is 0. The van der Waals surface area contributed by atoms with Crippen molar-refractivity contribution in [3.8, 4) is 44.9 Å². The van der Waals surface area contributed by atoms with Crippen LogP contribution >= 0.6 is 0 Å². The van der Waals surface area contributed by atoms with Gasteiger partial charge in [0.1, 0.15) is 0 Å². The summed E-state index contributed by atoms with van der Waals surface area (Å²) in [5, 5.41) is 0. The number of nitrogens with zero attached hydrogens (tertiary/aromatic N) is 5. The average molecular weight is 1090 g/mol. The van der Waals surface area contributed by atoms with Gasteiger partial charge in [0.2, 0.25) is 0 Å². The molecule has 0 saturated carbocycles. The van der Waals surface area contributed by atoms with Crippen molar-refractivity contribution >= 4 is 63.8 Å². The zero-order valence-electron chi connectivity index (χ0n) is 35.9. The van der Waals surface area contributed by atoms with Gasteiger partial charge in [0.05, 0.1) is 0 Å². The van der Waals surface area contributed by atoms with Crippen molar-refractivity contribution in [1.29, 1.82) is 0 Å². The normalized spacial score (nSPS) is 12.8. The molecule has 0 bridgehead atoms. The average Bonchev–Trinajstić information content (AvgIpc) is 3.73. The molecule has 2 aliphatic heterocycles. The van der Waals surface area contributed by atoms with E-state index in [0.29, 0.717) is 11.5 Å². The van der Waals surface area contributed by atoms with Gasteiger partial charge < -0.3 is 0 Å². The summed E-state index contributed by atoms with van der Waals surface area (Å²) in [5.74, 6) is 2.01. The monoisotopic (exact) mass is 1090 g/mol. The minimum Gasteiger partial charge on any atom is 0 e. The molecule has 7 aromatic carbocycles. The smallest absolute Gasteiger partial charge is 0 e. The first-order chi connectivity index (χ1) is 31.4. The first kappa shape index (κ1) is 42.2. The van der Waals surface area contributed by atoms with Gasteiger partial charge in [-0.3, -0.25) is 0 Å². The molecule has 0 amide bonds. The van der Waals surface area contributed by atoms with Crippen LogP contribution < -0.4 is 28.4 Å². The molecule has 6 nitrogen and oxygen atoms in total. The van der Waals surface area contributed by atoms with Gasteiger partial charge in [-0.2, -0.15) is 0 Å². The molecule has 0 spiro atoms. The van der Waals surface area contributed by atoms with Crippen LogP contribution in [0, 0.1) is 18.8 Å². The van der Waals surface area contributed by atoms with Gasteiger partial charge in [-0.25, -0.2) is 0 Å². The Morgan fingerprint density at radius 1 is 0.554 bits per heavy atom. The molecular formula is C57H42N5OPtSe-3. The third-order valence-corrected chi connectivity index (χ3v) is 14.0. The summed E-state index contributed by atoms with van der Waals surface area (Å²) in [4.78, 5) is 16.1. The quantitative estimate of drug-likeness (QED) is 0.112. The number of benzene rings is 7. The maximum atomic E-state index is 6.67. The molecule has 0 radical (unpaired) electrons. The number of fused-ring (bicyclic) bond motifs is 3. The van der Waals surface area contributed by atoms with Crippen LogP contribution in [0.25, 0.3) is 33.4 Å². The van der Waals surface area contributed by atoms with E-state index in [9.17, 15) is 0 Å².